The monoisotopic (exact) mass is 399 g/mol. The summed E-state index contributed by atoms with van der Waals surface area (Å²) in [5.41, 5.74) is -0.734. The molecule has 0 bridgehead atoms. The Morgan fingerprint density at radius 3 is 2.72 bits per heavy atom. The zero-order valence-corrected chi connectivity index (χ0v) is 17.2. The van der Waals surface area contributed by atoms with Gasteiger partial charge >= 0.3 is 6.03 Å². The number of benzene rings is 1. The average molecular weight is 399 g/mol. The summed E-state index contributed by atoms with van der Waals surface area (Å²) in [4.78, 5) is 29.4. The molecule has 1 aromatic carbocycles. The Balaban J connectivity index is 1.72. The maximum Gasteiger partial charge on any atom is 0.325 e. The fourth-order valence-corrected chi connectivity index (χ4v) is 7.27. The Labute approximate surface area is 170 Å². The number of nitrogens with one attached hydrogen (secondary N) is 1. The first kappa shape index (κ1) is 18.9. The van der Waals surface area contributed by atoms with Crippen LogP contribution in [0.2, 0.25) is 0 Å². The Morgan fingerprint density at radius 2 is 2.03 bits per heavy atom. The van der Waals surface area contributed by atoms with E-state index in [4.69, 9.17) is 0 Å². The summed E-state index contributed by atoms with van der Waals surface area (Å²) >= 11 is 0. The number of aliphatic hydroxyl groups is 1. The molecule has 0 aromatic heterocycles. The van der Waals surface area contributed by atoms with Crippen LogP contribution in [0.3, 0.4) is 0 Å². The van der Waals surface area contributed by atoms with Crippen LogP contribution in [0, 0.1) is 12.8 Å². The minimum atomic E-state index is -1.00. The molecule has 7 heteroatoms. The second-order valence-electron chi connectivity index (χ2n) is 9.57. The molecule has 1 aromatic rings. The lowest BCUT2D eigenvalue weighted by Gasteiger charge is -2.57. The topological polar surface area (TPSA) is 93.1 Å². The number of hydrogen-bond donors (Lipinski definition) is 3. The number of rotatable bonds is 2. The Kier molecular flexibility index (Phi) is 3.73. The first-order valence-corrected chi connectivity index (χ1v) is 10.5. The van der Waals surface area contributed by atoms with Gasteiger partial charge in [0, 0.05) is 24.5 Å². The number of nitrogens with zero attached hydrogens (tertiary/aromatic N) is 2. The molecule has 29 heavy (non-hydrogen) atoms. The summed E-state index contributed by atoms with van der Waals surface area (Å²) in [6.45, 7) is 5.24. The number of phenols is 1. The van der Waals surface area contributed by atoms with Crippen LogP contribution in [-0.4, -0.2) is 69.3 Å². The summed E-state index contributed by atoms with van der Waals surface area (Å²) in [6, 6.07) is 4.99. The zero-order chi connectivity index (χ0) is 20.8. The number of imide groups is 1. The highest BCUT2D eigenvalue weighted by Gasteiger charge is 2.74. The lowest BCUT2D eigenvalue weighted by atomic mass is 9.54. The van der Waals surface area contributed by atoms with Crippen molar-refractivity contribution in [3.8, 4) is 5.75 Å². The maximum atomic E-state index is 13.1. The van der Waals surface area contributed by atoms with Crippen molar-refractivity contribution in [1.82, 2.24) is 15.1 Å². The van der Waals surface area contributed by atoms with Crippen molar-refractivity contribution in [2.24, 2.45) is 5.92 Å². The molecular formula is C22H29N3O4. The molecule has 0 radical (unpaired) electrons. The van der Waals surface area contributed by atoms with E-state index >= 15 is 0 Å². The number of phenolic OH excluding ortho intramolecular Hbond substituents is 1. The average Bonchev–Trinajstić information content (AvgIpc) is 3.01. The molecule has 156 valence electrons. The van der Waals surface area contributed by atoms with Crippen LogP contribution in [0.15, 0.2) is 18.2 Å². The van der Waals surface area contributed by atoms with Gasteiger partial charge in [-0.15, -0.1) is 0 Å². The standard InChI is InChI=1S/C22H29N3O4/c1-4-25-19(28)23-18(27)21(25)7-8-22(29)17-14(11-24(17)3)10-20(22,12-21)16-9-15(26)6-5-13(16)2/h5-6,9,14,17,26,29H,4,7-8,10-12H2,1-3H3,(H,23,27,28)/t14?,17-,20-,21+,22-/m1/s1. The number of hydrogen-bond acceptors (Lipinski definition) is 5. The van der Waals surface area contributed by atoms with Gasteiger partial charge in [-0.3, -0.25) is 15.0 Å². The minimum Gasteiger partial charge on any atom is -0.508 e. The molecule has 4 fully saturated rings. The van der Waals surface area contributed by atoms with Gasteiger partial charge in [-0.05, 0) is 75.8 Å². The highest BCUT2D eigenvalue weighted by Crippen LogP contribution is 2.65. The number of carbonyl (C=O) groups is 2. The SMILES string of the molecule is CCN1C(=O)NC(=O)[C@@]12CC[C@@]1(O)[C@H]3C(CN3C)C[C@]1(c1cc(O)ccc1C)C2. The predicted molar refractivity (Wildman–Crippen MR) is 106 cm³/mol. The fraction of sp³-hybridized carbons (Fsp3) is 0.636. The van der Waals surface area contributed by atoms with Gasteiger partial charge in [-0.2, -0.15) is 0 Å². The van der Waals surface area contributed by atoms with E-state index in [0.717, 1.165) is 24.1 Å². The van der Waals surface area contributed by atoms with Crippen molar-refractivity contribution in [3.63, 3.8) is 0 Å². The van der Waals surface area contributed by atoms with Crippen LogP contribution >= 0.6 is 0 Å². The molecule has 5 atom stereocenters. The first-order chi connectivity index (χ1) is 13.7. The van der Waals surface area contributed by atoms with E-state index in [1.165, 1.54) is 0 Å². The van der Waals surface area contributed by atoms with Gasteiger partial charge < -0.3 is 15.1 Å². The van der Waals surface area contributed by atoms with Crippen LogP contribution in [-0.2, 0) is 10.2 Å². The molecular weight excluding hydrogens is 370 g/mol. The van der Waals surface area contributed by atoms with Crippen LogP contribution in [0.25, 0.3) is 0 Å². The lowest BCUT2D eigenvalue weighted by molar-refractivity contribution is -0.152. The van der Waals surface area contributed by atoms with Gasteiger partial charge in [-0.1, -0.05) is 6.07 Å². The molecule has 2 aliphatic carbocycles. The highest BCUT2D eigenvalue weighted by molar-refractivity contribution is 6.07. The second kappa shape index (κ2) is 5.73. The van der Waals surface area contributed by atoms with Gasteiger partial charge in [-0.25, -0.2) is 4.79 Å². The molecule has 5 rings (SSSR count). The Bertz CT molecular complexity index is 919. The number of aryl methyl sites for hydroxylation is 1. The molecule has 4 aliphatic rings. The second-order valence-corrected chi connectivity index (χ2v) is 9.57. The molecule has 2 saturated heterocycles. The summed E-state index contributed by atoms with van der Waals surface area (Å²) in [5.74, 6) is 0.252. The van der Waals surface area contributed by atoms with Crippen molar-refractivity contribution < 1.29 is 19.8 Å². The maximum absolute atomic E-state index is 13.1. The third-order valence-electron chi connectivity index (χ3n) is 8.34. The van der Waals surface area contributed by atoms with E-state index in [1.807, 2.05) is 27.0 Å². The molecule has 2 heterocycles. The summed E-state index contributed by atoms with van der Waals surface area (Å²) in [7, 11) is 2.04. The highest BCUT2D eigenvalue weighted by atomic mass is 16.3. The number of fused-ring (bicyclic) bond motifs is 3. The zero-order valence-electron chi connectivity index (χ0n) is 17.2. The normalized spacial score (nSPS) is 41.3. The summed E-state index contributed by atoms with van der Waals surface area (Å²) in [6.07, 6.45) is 2.03. The van der Waals surface area contributed by atoms with Gasteiger partial charge in [0.1, 0.15) is 11.3 Å². The number of likely N-dealkylation sites (N-methyl/N-ethyl adjacent to an activating group) is 2. The van der Waals surface area contributed by atoms with Crippen molar-refractivity contribution in [3.05, 3.63) is 29.3 Å². The minimum absolute atomic E-state index is 0.0387. The Hall–Kier alpha value is -2.12. The number of likely N-dealkylation sites (tertiary alicyclic amines) is 1. The molecule has 3 amide bonds. The number of carbonyl (C=O) groups excluding carboxylic acids is 2. The Morgan fingerprint density at radius 1 is 1.28 bits per heavy atom. The van der Waals surface area contributed by atoms with E-state index in [9.17, 15) is 19.8 Å². The largest absolute Gasteiger partial charge is 0.508 e. The smallest absolute Gasteiger partial charge is 0.325 e. The molecule has 7 nitrogen and oxygen atoms in total. The molecule has 1 unspecified atom stereocenters. The van der Waals surface area contributed by atoms with Crippen LogP contribution in [0.5, 0.6) is 5.75 Å². The van der Waals surface area contributed by atoms with E-state index in [0.29, 0.717) is 31.7 Å². The van der Waals surface area contributed by atoms with Gasteiger partial charge in [0.15, 0.2) is 0 Å². The molecule has 1 spiro atoms. The first-order valence-electron chi connectivity index (χ1n) is 10.5. The van der Waals surface area contributed by atoms with Crippen molar-refractivity contribution in [1.29, 1.82) is 0 Å². The van der Waals surface area contributed by atoms with E-state index < -0.39 is 16.6 Å². The number of aromatic hydroxyl groups is 1. The van der Waals surface area contributed by atoms with Crippen LogP contribution in [0.1, 0.15) is 43.7 Å². The van der Waals surface area contributed by atoms with Crippen molar-refractivity contribution in [2.45, 2.75) is 62.1 Å². The van der Waals surface area contributed by atoms with Crippen molar-refractivity contribution in [2.75, 3.05) is 20.1 Å². The summed E-state index contributed by atoms with van der Waals surface area (Å²) < 4.78 is 0. The van der Waals surface area contributed by atoms with E-state index in [-0.39, 0.29) is 23.7 Å². The fourth-order valence-electron chi connectivity index (χ4n) is 7.27. The third-order valence-corrected chi connectivity index (χ3v) is 8.34. The quantitative estimate of drug-likeness (QED) is 0.656. The van der Waals surface area contributed by atoms with E-state index in [1.54, 1.807) is 17.0 Å². The summed E-state index contributed by atoms with van der Waals surface area (Å²) in [5, 5.41) is 25.0. The van der Waals surface area contributed by atoms with Gasteiger partial charge in [0.2, 0.25) is 0 Å². The lowest BCUT2D eigenvalue weighted by Crippen LogP contribution is -2.69. The van der Waals surface area contributed by atoms with Crippen LogP contribution in [0.4, 0.5) is 4.79 Å². The number of urea groups is 1. The third kappa shape index (κ3) is 2.10. The van der Waals surface area contributed by atoms with Crippen molar-refractivity contribution >= 4 is 11.9 Å². The number of amides is 3. The molecule has 2 aliphatic heterocycles. The molecule has 3 N–H and O–H groups in total. The molecule has 2 saturated carbocycles. The van der Waals surface area contributed by atoms with E-state index in [2.05, 4.69) is 10.2 Å². The van der Waals surface area contributed by atoms with Crippen LogP contribution < -0.4 is 5.32 Å². The van der Waals surface area contributed by atoms with Gasteiger partial charge in [0.25, 0.3) is 5.91 Å². The van der Waals surface area contributed by atoms with Gasteiger partial charge in [0.05, 0.1) is 5.60 Å². The predicted octanol–water partition coefficient (Wildman–Crippen LogP) is 1.50.